The maximum absolute atomic E-state index is 5.79. The number of hydrogen-bond donors (Lipinski definition) is 1. The number of fused-ring (bicyclic) bond motifs is 1. The molecule has 1 aliphatic heterocycles. The lowest BCUT2D eigenvalue weighted by atomic mass is 9.84. The molecule has 0 spiro atoms. The van der Waals surface area contributed by atoms with Crippen LogP contribution in [-0.2, 0) is 5.41 Å². The molecule has 0 aliphatic carbocycles. The van der Waals surface area contributed by atoms with Crippen LogP contribution >= 0.6 is 0 Å². The Balaban J connectivity index is 2.11. The highest BCUT2D eigenvalue weighted by Gasteiger charge is 2.32. The van der Waals surface area contributed by atoms with Crippen molar-refractivity contribution in [3.63, 3.8) is 0 Å². The Morgan fingerprint density at radius 1 is 1.14 bits per heavy atom. The first kappa shape index (κ1) is 14.2. The second-order valence-electron chi connectivity index (χ2n) is 6.48. The predicted octanol–water partition coefficient (Wildman–Crippen LogP) is 4.30. The van der Waals surface area contributed by atoms with Crippen LogP contribution in [-0.4, -0.2) is 13.7 Å². The Labute approximate surface area is 127 Å². The molecule has 21 heavy (non-hydrogen) atoms. The molecule has 110 valence electrons. The summed E-state index contributed by atoms with van der Waals surface area (Å²) in [7, 11) is 2.00. The van der Waals surface area contributed by atoms with E-state index in [-0.39, 0.29) is 5.41 Å². The minimum atomic E-state index is 0.0922. The maximum Gasteiger partial charge on any atom is 0.123 e. The summed E-state index contributed by atoms with van der Waals surface area (Å²) in [6.45, 7) is 7.44. The van der Waals surface area contributed by atoms with Crippen LogP contribution in [0.25, 0.3) is 11.1 Å². The largest absolute Gasteiger partial charge is 0.492 e. The molecular weight excluding hydrogens is 258 g/mol. The normalized spacial score (nSPS) is 17.1. The first-order valence-corrected chi connectivity index (χ1v) is 7.57. The van der Waals surface area contributed by atoms with Crippen molar-refractivity contribution < 1.29 is 4.74 Å². The molecule has 1 aliphatic rings. The highest BCUT2D eigenvalue weighted by molar-refractivity contribution is 5.70. The average Bonchev–Trinajstić information content (AvgIpc) is 2.81. The van der Waals surface area contributed by atoms with Gasteiger partial charge >= 0.3 is 0 Å². The van der Waals surface area contributed by atoms with Crippen LogP contribution in [0.5, 0.6) is 5.75 Å². The molecule has 0 saturated carbocycles. The molecule has 0 aromatic heterocycles. The Bertz CT molecular complexity index is 660. The molecule has 3 rings (SSSR count). The molecule has 0 amide bonds. The van der Waals surface area contributed by atoms with Gasteiger partial charge in [0, 0.05) is 17.0 Å². The number of ether oxygens (including phenoxy) is 1. The summed E-state index contributed by atoms with van der Waals surface area (Å²) >= 11 is 0. The minimum Gasteiger partial charge on any atom is -0.492 e. The molecule has 1 unspecified atom stereocenters. The fourth-order valence-corrected chi connectivity index (χ4v) is 2.98. The molecule has 2 aromatic carbocycles. The number of benzene rings is 2. The van der Waals surface area contributed by atoms with E-state index in [0.29, 0.717) is 6.04 Å². The molecule has 0 bridgehead atoms. The summed E-state index contributed by atoms with van der Waals surface area (Å²) in [5.74, 6) is 1.03. The second-order valence-corrected chi connectivity index (χ2v) is 6.48. The number of rotatable bonds is 3. The van der Waals surface area contributed by atoms with Gasteiger partial charge in [-0.05, 0) is 42.8 Å². The molecule has 2 heteroatoms. The lowest BCUT2D eigenvalue weighted by Crippen LogP contribution is -2.18. The van der Waals surface area contributed by atoms with Gasteiger partial charge in [-0.3, -0.25) is 0 Å². The highest BCUT2D eigenvalue weighted by Crippen LogP contribution is 2.41. The SMILES string of the molecule is CNC(C)c1ccccc1-c1ccc2c(c1)C(C)(C)CO2. The van der Waals surface area contributed by atoms with Crippen molar-refractivity contribution >= 4 is 0 Å². The van der Waals surface area contributed by atoms with E-state index < -0.39 is 0 Å². The minimum absolute atomic E-state index is 0.0922. The molecule has 2 aromatic rings. The number of hydrogen-bond acceptors (Lipinski definition) is 2. The third-order valence-corrected chi connectivity index (χ3v) is 4.47. The van der Waals surface area contributed by atoms with Crippen molar-refractivity contribution in [1.29, 1.82) is 0 Å². The first-order valence-electron chi connectivity index (χ1n) is 7.57. The molecule has 0 saturated heterocycles. The van der Waals surface area contributed by atoms with Gasteiger partial charge in [-0.1, -0.05) is 44.2 Å². The quantitative estimate of drug-likeness (QED) is 0.905. The zero-order chi connectivity index (χ0) is 15.0. The summed E-state index contributed by atoms with van der Waals surface area (Å²) in [6.07, 6.45) is 0. The van der Waals surface area contributed by atoms with Gasteiger partial charge in [0.15, 0.2) is 0 Å². The highest BCUT2D eigenvalue weighted by atomic mass is 16.5. The van der Waals surface area contributed by atoms with Crippen molar-refractivity contribution in [1.82, 2.24) is 5.32 Å². The summed E-state index contributed by atoms with van der Waals surface area (Å²) < 4.78 is 5.79. The van der Waals surface area contributed by atoms with Gasteiger partial charge in [0.2, 0.25) is 0 Å². The molecule has 1 heterocycles. The van der Waals surface area contributed by atoms with Crippen LogP contribution in [0.2, 0.25) is 0 Å². The average molecular weight is 281 g/mol. The van der Waals surface area contributed by atoms with Crippen molar-refractivity contribution in [2.24, 2.45) is 0 Å². The van der Waals surface area contributed by atoms with Gasteiger partial charge in [0.05, 0.1) is 6.61 Å². The zero-order valence-electron chi connectivity index (χ0n) is 13.2. The van der Waals surface area contributed by atoms with Crippen LogP contribution in [0.3, 0.4) is 0 Å². The Hall–Kier alpha value is -1.80. The molecule has 2 nitrogen and oxygen atoms in total. The summed E-state index contributed by atoms with van der Waals surface area (Å²) in [6, 6.07) is 15.5. The third kappa shape index (κ3) is 2.44. The maximum atomic E-state index is 5.79. The number of nitrogens with one attached hydrogen (secondary N) is 1. The van der Waals surface area contributed by atoms with Crippen molar-refractivity contribution in [3.05, 3.63) is 53.6 Å². The van der Waals surface area contributed by atoms with Gasteiger partial charge < -0.3 is 10.1 Å². The van der Waals surface area contributed by atoms with Gasteiger partial charge in [-0.25, -0.2) is 0 Å². The topological polar surface area (TPSA) is 21.3 Å². The van der Waals surface area contributed by atoms with Gasteiger partial charge in [0.1, 0.15) is 5.75 Å². The standard InChI is InChI=1S/C19H23NO/c1-13(20-4)15-7-5-6-8-16(15)14-9-10-18-17(11-14)19(2,3)12-21-18/h5-11,13,20H,12H2,1-4H3. The van der Waals surface area contributed by atoms with E-state index in [1.807, 2.05) is 7.05 Å². The first-order chi connectivity index (χ1) is 10.0. The van der Waals surface area contributed by atoms with E-state index in [4.69, 9.17) is 4.74 Å². The van der Waals surface area contributed by atoms with Gasteiger partial charge in [-0.15, -0.1) is 0 Å². The smallest absolute Gasteiger partial charge is 0.123 e. The summed E-state index contributed by atoms with van der Waals surface area (Å²) in [5.41, 5.74) is 5.30. The van der Waals surface area contributed by atoms with Crippen LogP contribution in [0.1, 0.15) is 37.9 Å². The van der Waals surface area contributed by atoms with E-state index in [9.17, 15) is 0 Å². The lowest BCUT2D eigenvalue weighted by molar-refractivity contribution is 0.291. The Morgan fingerprint density at radius 3 is 2.67 bits per heavy atom. The van der Waals surface area contributed by atoms with E-state index in [0.717, 1.165) is 12.4 Å². The summed E-state index contributed by atoms with van der Waals surface area (Å²) in [4.78, 5) is 0. The van der Waals surface area contributed by atoms with Crippen LogP contribution < -0.4 is 10.1 Å². The summed E-state index contributed by atoms with van der Waals surface area (Å²) in [5, 5.41) is 3.34. The predicted molar refractivity (Wildman–Crippen MR) is 87.9 cm³/mol. The van der Waals surface area contributed by atoms with Crippen molar-refractivity contribution in [3.8, 4) is 16.9 Å². The van der Waals surface area contributed by atoms with Gasteiger partial charge in [-0.2, -0.15) is 0 Å². The van der Waals surface area contributed by atoms with E-state index in [1.165, 1.54) is 22.3 Å². The van der Waals surface area contributed by atoms with E-state index in [2.05, 4.69) is 68.6 Å². The van der Waals surface area contributed by atoms with Crippen molar-refractivity contribution in [2.45, 2.75) is 32.2 Å². The Kier molecular flexibility index (Phi) is 3.50. The zero-order valence-corrected chi connectivity index (χ0v) is 13.2. The molecule has 0 fully saturated rings. The van der Waals surface area contributed by atoms with Crippen molar-refractivity contribution in [2.75, 3.05) is 13.7 Å². The van der Waals surface area contributed by atoms with Crippen LogP contribution in [0, 0.1) is 0 Å². The van der Waals surface area contributed by atoms with E-state index in [1.54, 1.807) is 0 Å². The second kappa shape index (κ2) is 5.19. The van der Waals surface area contributed by atoms with Gasteiger partial charge in [0.25, 0.3) is 0 Å². The fourth-order valence-electron chi connectivity index (χ4n) is 2.98. The molecule has 1 atom stereocenters. The monoisotopic (exact) mass is 281 g/mol. The van der Waals surface area contributed by atoms with E-state index >= 15 is 0 Å². The molecular formula is C19H23NO. The molecule has 1 N–H and O–H groups in total. The fraction of sp³-hybridized carbons (Fsp3) is 0.368. The van der Waals surface area contributed by atoms with Crippen LogP contribution in [0.15, 0.2) is 42.5 Å². The molecule has 0 radical (unpaired) electrons. The third-order valence-electron chi connectivity index (χ3n) is 4.47. The lowest BCUT2D eigenvalue weighted by Gasteiger charge is -2.19. The Morgan fingerprint density at radius 2 is 1.90 bits per heavy atom. The van der Waals surface area contributed by atoms with Crippen LogP contribution in [0.4, 0.5) is 0 Å².